The summed E-state index contributed by atoms with van der Waals surface area (Å²) in [6.45, 7) is 2.01. The van der Waals surface area contributed by atoms with Gasteiger partial charge in [0.1, 0.15) is 0 Å². The number of nitrogens with one attached hydrogen (secondary N) is 1. The molecule has 0 heterocycles. The first-order valence-electron chi connectivity index (χ1n) is 6.29. The summed E-state index contributed by atoms with van der Waals surface area (Å²) in [5.41, 5.74) is 1.89. The molecule has 2 aromatic carbocycles. The van der Waals surface area contributed by atoms with Crippen LogP contribution in [0.1, 0.15) is 22.8 Å². The second-order valence-electron chi connectivity index (χ2n) is 4.61. The number of amides is 1. The van der Waals surface area contributed by atoms with Gasteiger partial charge in [-0.2, -0.15) is 0 Å². The molecule has 0 saturated carbocycles. The third-order valence-corrected chi connectivity index (χ3v) is 3.19. The van der Waals surface area contributed by atoms with Gasteiger partial charge in [0.25, 0.3) is 5.91 Å². The van der Waals surface area contributed by atoms with Crippen LogP contribution < -0.4 is 5.32 Å². The Balaban J connectivity index is 1.93. The van der Waals surface area contributed by atoms with Crippen LogP contribution in [-0.2, 0) is 6.42 Å². The van der Waals surface area contributed by atoms with E-state index >= 15 is 0 Å². The Morgan fingerprint density at radius 1 is 1.11 bits per heavy atom. The Morgan fingerprint density at radius 2 is 1.74 bits per heavy atom. The van der Waals surface area contributed by atoms with Gasteiger partial charge in [0.05, 0.1) is 0 Å². The van der Waals surface area contributed by atoms with E-state index in [1.165, 1.54) is 5.56 Å². The molecule has 0 aliphatic heterocycles. The number of carbonyl (C=O) groups excluding carboxylic acids is 1. The van der Waals surface area contributed by atoms with E-state index in [1.54, 1.807) is 12.1 Å². The summed E-state index contributed by atoms with van der Waals surface area (Å²) in [6.07, 6.45) is 0.831. The third kappa shape index (κ3) is 4.14. The predicted molar refractivity (Wildman–Crippen MR) is 80.8 cm³/mol. The Kier molecular flexibility index (Phi) is 4.63. The second-order valence-corrected chi connectivity index (χ2v) is 5.13. The minimum Gasteiger partial charge on any atom is -0.349 e. The lowest BCUT2D eigenvalue weighted by Crippen LogP contribution is -2.34. The van der Waals surface area contributed by atoms with Crippen molar-refractivity contribution >= 4 is 18.5 Å². The Labute approximate surface area is 119 Å². The van der Waals surface area contributed by atoms with Crippen LogP contribution in [0.3, 0.4) is 0 Å². The molecule has 0 fully saturated rings. The van der Waals surface area contributed by atoms with Crippen molar-refractivity contribution in [3.63, 3.8) is 0 Å². The van der Waals surface area contributed by atoms with E-state index in [4.69, 9.17) is 0 Å². The van der Waals surface area contributed by atoms with Gasteiger partial charge in [-0.15, -0.1) is 12.6 Å². The van der Waals surface area contributed by atoms with Crippen LogP contribution in [-0.4, -0.2) is 11.9 Å². The fraction of sp³-hybridized carbons (Fsp3) is 0.188. The van der Waals surface area contributed by atoms with E-state index in [9.17, 15) is 4.79 Å². The molecule has 0 aromatic heterocycles. The summed E-state index contributed by atoms with van der Waals surface area (Å²) in [6, 6.07) is 17.5. The van der Waals surface area contributed by atoms with Crippen molar-refractivity contribution in [3.05, 3.63) is 65.7 Å². The summed E-state index contributed by atoms with van der Waals surface area (Å²) in [7, 11) is 0. The molecule has 1 unspecified atom stereocenters. The smallest absolute Gasteiger partial charge is 0.251 e. The van der Waals surface area contributed by atoms with Crippen molar-refractivity contribution < 1.29 is 4.79 Å². The van der Waals surface area contributed by atoms with Crippen LogP contribution >= 0.6 is 12.6 Å². The SMILES string of the molecule is CC(Cc1ccccc1)NC(=O)c1ccc(S)cc1. The summed E-state index contributed by atoms with van der Waals surface area (Å²) >= 11 is 4.20. The highest BCUT2D eigenvalue weighted by molar-refractivity contribution is 7.80. The number of thiol groups is 1. The highest BCUT2D eigenvalue weighted by atomic mass is 32.1. The Morgan fingerprint density at radius 3 is 2.37 bits per heavy atom. The molecular weight excluding hydrogens is 254 g/mol. The Bertz CT molecular complexity index is 536. The van der Waals surface area contributed by atoms with Gasteiger partial charge in [0.2, 0.25) is 0 Å². The minimum absolute atomic E-state index is 0.0447. The first-order chi connectivity index (χ1) is 9.15. The molecule has 1 N–H and O–H groups in total. The molecule has 19 heavy (non-hydrogen) atoms. The zero-order valence-electron chi connectivity index (χ0n) is 10.8. The van der Waals surface area contributed by atoms with Crippen molar-refractivity contribution in [2.75, 3.05) is 0 Å². The summed E-state index contributed by atoms with van der Waals surface area (Å²) < 4.78 is 0. The van der Waals surface area contributed by atoms with Gasteiger partial charge in [-0.25, -0.2) is 0 Å². The fourth-order valence-electron chi connectivity index (χ4n) is 1.94. The summed E-state index contributed by atoms with van der Waals surface area (Å²) in [5.74, 6) is -0.0447. The maximum atomic E-state index is 12.0. The maximum absolute atomic E-state index is 12.0. The zero-order valence-corrected chi connectivity index (χ0v) is 11.7. The van der Waals surface area contributed by atoms with Gasteiger partial charge in [0.15, 0.2) is 0 Å². The molecular formula is C16H17NOS. The third-order valence-electron chi connectivity index (χ3n) is 2.89. The van der Waals surface area contributed by atoms with Gasteiger partial charge in [0, 0.05) is 16.5 Å². The average molecular weight is 271 g/mol. The van der Waals surface area contributed by atoms with Crippen LogP contribution in [0, 0.1) is 0 Å². The van der Waals surface area contributed by atoms with E-state index in [2.05, 4.69) is 30.1 Å². The molecule has 1 atom stereocenters. The highest BCUT2D eigenvalue weighted by Crippen LogP contribution is 2.08. The number of benzene rings is 2. The monoisotopic (exact) mass is 271 g/mol. The van der Waals surface area contributed by atoms with Gasteiger partial charge in [-0.3, -0.25) is 4.79 Å². The molecule has 0 aliphatic rings. The topological polar surface area (TPSA) is 29.1 Å². The van der Waals surface area contributed by atoms with Crippen LogP contribution in [0.25, 0.3) is 0 Å². The van der Waals surface area contributed by atoms with Crippen LogP contribution in [0.4, 0.5) is 0 Å². The largest absolute Gasteiger partial charge is 0.349 e. The van der Waals surface area contributed by atoms with Crippen molar-refractivity contribution in [2.24, 2.45) is 0 Å². The van der Waals surface area contributed by atoms with Crippen LogP contribution in [0.5, 0.6) is 0 Å². The molecule has 0 aliphatic carbocycles. The lowest BCUT2D eigenvalue weighted by atomic mass is 10.1. The molecule has 2 nitrogen and oxygen atoms in total. The molecule has 3 heteroatoms. The molecule has 2 aromatic rings. The molecule has 1 amide bonds. The van der Waals surface area contributed by atoms with Crippen molar-refractivity contribution in [2.45, 2.75) is 24.3 Å². The second kappa shape index (κ2) is 6.43. The maximum Gasteiger partial charge on any atom is 0.251 e. The van der Waals surface area contributed by atoms with Crippen molar-refractivity contribution in [1.29, 1.82) is 0 Å². The molecule has 0 radical (unpaired) electrons. The van der Waals surface area contributed by atoms with Gasteiger partial charge >= 0.3 is 0 Å². The van der Waals surface area contributed by atoms with E-state index < -0.39 is 0 Å². The number of hydrogen-bond donors (Lipinski definition) is 2. The van der Waals surface area contributed by atoms with Crippen LogP contribution in [0.15, 0.2) is 59.5 Å². The van der Waals surface area contributed by atoms with Crippen LogP contribution in [0.2, 0.25) is 0 Å². The Hall–Kier alpha value is -1.74. The van der Waals surface area contributed by atoms with Gasteiger partial charge < -0.3 is 5.32 Å². The molecule has 0 bridgehead atoms. The molecule has 0 saturated heterocycles. The van der Waals surface area contributed by atoms with E-state index in [0.29, 0.717) is 5.56 Å². The highest BCUT2D eigenvalue weighted by Gasteiger charge is 2.09. The lowest BCUT2D eigenvalue weighted by molar-refractivity contribution is 0.0940. The minimum atomic E-state index is -0.0447. The van der Waals surface area contributed by atoms with E-state index in [0.717, 1.165) is 11.3 Å². The summed E-state index contributed by atoms with van der Waals surface area (Å²) in [5, 5.41) is 3.00. The van der Waals surface area contributed by atoms with Gasteiger partial charge in [-0.05, 0) is 43.2 Å². The predicted octanol–water partition coefficient (Wildman–Crippen LogP) is 3.34. The first-order valence-corrected chi connectivity index (χ1v) is 6.73. The number of hydrogen-bond acceptors (Lipinski definition) is 2. The fourth-order valence-corrected chi connectivity index (χ4v) is 2.09. The normalized spacial score (nSPS) is 11.9. The number of rotatable bonds is 4. The standard InChI is InChI=1S/C16H17NOS/c1-12(11-13-5-3-2-4-6-13)17-16(18)14-7-9-15(19)10-8-14/h2-10,12,19H,11H2,1H3,(H,17,18). The zero-order chi connectivity index (χ0) is 13.7. The summed E-state index contributed by atoms with van der Waals surface area (Å²) in [4.78, 5) is 12.9. The van der Waals surface area contributed by atoms with Crippen molar-refractivity contribution in [1.82, 2.24) is 5.32 Å². The van der Waals surface area contributed by atoms with E-state index in [-0.39, 0.29) is 11.9 Å². The molecule has 2 rings (SSSR count). The average Bonchev–Trinajstić information content (AvgIpc) is 2.40. The first kappa shape index (κ1) is 13.7. The van der Waals surface area contributed by atoms with Gasteiger partial charge in [-0.1, -0.05) is 30.3 Å². The van der Waals surface area contributed by atoms with E-state index in [1.807, 2.05) is 37.3 Å². The van der Waals surface area contributed by atoms with Crippen molar-refractivity contribution in [3.8, 4) is 0 Å². The lowest BCUT2D eigenvalue weighted by Gasteiger charge is -2.14. The quantitative estimate of drug-likeness (QED) is 0.821. The number of carbonyl (C=O) groups is 1. The molecule has 98 valence electrons. The molecule has 0 spiro atoms.